The van der Waals surface area contributed by atoms with Crippen molar-refractivity contribution in [3.8, 4) is 11.4 Å². The lowest BCUT2D eigenvalue weighted by Gasteiger charge is -2.31. The number of methoxy groups -OCH3 is 1. The molecule has 1 aromatic carbocycles. The molecule has 0 aliphatic heterocycles. The molecule has 3 aromatic rings. The first-order valence-electron chi connectivity index (χ1n) is 21.1. The van der Waals surface area contributed by atoms with Crippen LogP contribution in [0.25, 0.3) is 5.69 Å². The minimum atomic E-state index is -4.99. The summed E-state index contributed by atoms with van der Waals surface area (Å²) in [6.45, 7) is 6.33. The summed E-state index contributed by atoms with van der Waals surface area (Å²) < 4.78 is 75.3. The van der Waals surface area contributed by atoms with E-state index in [0.29, 0.717) is 29.6 Å². The number of benzene rings is 1. The number of amides is 5. The third kappa shape index (κ3) is 14.5. The molecule has 17 nitrogen and oxygen atoms in total. The van der Waals surface area contributed by atoms with E-state index in [-0.39, 0.29) is 36.1 Å². The van der Waals surface area contributed by atoms with Crippen molar-refractivity contribution in [1.29, 1.82) is 0 Å². The molecule has 64 heavy (non-hydrogen) atoms. The van der Waals surface area contributed by atoms with E-state index in [0.717, 1.165) is 19.3 Å². The maximum absolute atomic E-state index is 14.1. The molecule has 0 radical (unpaired) electrons. The average molecular weight is 907 g/mol. The van der Waals surface area contributed by atoms with Gasteiger partial charge in [0.1, 0.15) is 35.6 Å². The standard InChI is InChI=1S/C42H55F5N10O7/c1-6-24(4)34(54-37(60)29(18-23(2)3)52-38(61)31-21-48-16-17-49-31)39(62)53-30(19-25-10-8-7-9-11-25)36(59)51-28(20-32(43)44)35(58)40(63)50-22-33-55-56-41(42(45,46)47)57(33)26-12-14-27(64-5)15-13-26/h12-17,21,23-25,28-30,32,34H,6-11,18-20,22H2,1-5H3,(H,50,63)(H,51,59)(H,52,61)(H,53,62)(H,54,60)/t24-,28+,29+,30+,34+/m1/s1. The lowest BCUT2D eigenvalue weighted by atomic mass is 9.84. The Labute approximate surface area is 366 Å². The highest BCUT2D eigenvalue weighted by molar-refractivity contribution is 6.38. The van der Waals surface area contributed by atoms with Crippen molar-refractivity contribution in [2.75, 3.05) is 7.11 Å². The quantitative estimate of drug-likeness (QED) is 0.0708. The Bertz CT molecular complexity index is 2050. The fourth-order valence-electron chi connectivity index (χ4n) is 7.26. The number of hydrogen-bond acceptors (Lipinski definition) is 11. The van der Waals surface area contributed by atoms with Crippen molar-refractivity contribution in [3.63, 3.8) is 0 Å². The number of aromatic nitrogens is 5. The van der Waals surface area contributed by atoms with Crippen molar-refractivity contribution in [3.05, 3.63) is 60.2 Å². The summed E-state index contributed by atoms with van der Waals surface area (Å²) in [6, 6.07) is -0.593. The van der Waals surface area contributed by atoms with Crippen LogP contribution in [-0.2, 0) is 36.7 Å². The largest absolute Gasteiger partial charge is 0.497 e. The van der Waals surface area contributed by atoms with Gasteiger partial charge in [-0.25, -0.2) is 13.8 Å². The maximum Gasteiger partial charge on any atom is 0.452 e. The molecular formula is C42H55F5N10O7. The number of hydrogen-bond donors (Lipinski definition) is 5. The lowest BCUT2D eigenvalue weighted by Crippen LogP contribution is -2.60. The van der Waals surface area contributed by atoms with Crippen LogP contribution in [0.5, 0.6) is 5.75 Å². The fraction of sp³-hybridized carbons (Fsp3) is 0.571. The number of carbonyl (C=O) groups is 6. The molecule has 1 aliphatic rings. The molecule has 0 spiro atoms. The molecule has 2 aromatic heterocycles. The summed E-state index contributed by atoms with van der Waals surface area (Å²) >= 11 is 0. The normalized spacial score (nSPS) is 15.6. The minimum absolute atomic E-state index is 0.0350. The molecule has 0 bridgehead atoms. The van der Waals surface area contributed by atoms with Gasteiger partial charge in [0.2, 0.25) is 35.8 Å². The number of Topliss-reactive ketones (excluding diaryl/α,β-unsaturated/α-hetero) is 1. The monoisotopic (exact) mass is 906 g/mol. The third-order valence-electron chi connectivity index (χ3n) is 10.8. The Morgan fingerprint density at radius 3 is 2.06 bits per heavy atom. The number of ether oxygens (including phenoxy) is 1. The molecule has 350 valence electrons. The number of nitrogens with one attached hydrogen (secondary N) is 5. The molecule has 5 N–H and O–H groups in total. The van der Waals surface area contributed by atoms with Crippen molar-refractivity contribution in [2.24, 2.45) is 17.8 Å². The number of rotatable bonds is 22. The predicted molar refractivity (Wildman–Crippen MR) is 220 cm³/mol. The van der Waals surface area contributed by atoms with Crippen molar-refractivity contribution in [1.82, 2.24) is 51.3 Å². The highest BCUT2D eigenvalue weighted by Crippen LogP contribution is 2.31. The third-order valence-corrected chi connectivity index (χ3v) is 10.8. The minimum Gasteiger partial charge on any atom is -0.497 e. The average Bonchev–Trinajstić information content (AvgIpc) is 3.71. The predicted octanol–water partition coefficient (Wildman–Crippen LogP) is 4.24. The van der Waals surface area contributed by atoms with Gasteiger partial charge in [0.25, 0.3) is 11.8 Å². The summed E-state index contributed by atoms with van der Waals surface area (Å²) in [5.74, 6) is -8.53. The number of alkyl halides is 5. The molecule has 0 unspecified atom stereocenters. The van der Waals surface area contributed by atoms with Crippen LogP contribution in [0, 0.1) is 17.8 Å². The zero-order valence-electron chi connectivity index (χ0n) is 36.2. The van der Waals surface area contributed by atoms with Crippen LogP contribution in [0.4, 0.5) is 22.0 Å². The van der Waals surface area contributed by atoms with Gasteiger partial charge in [-0.1, -0.05) is 66.2 Å². The first-order valence-corrected chi connectivity index (χ1v) is 21.1. The molecule has 5 atom stereocenters. The smallest absolute Gasteiger partial charge is 0.452 e. The van der Waals surface area contributed by atoms with E-state index < -0.39 is 103 Å². The van der Waals surface area contributed by atoms with Gasteiger partial charge >= 0.3 is 6.18 Å². The molecular weight excluding hydrogens is 852 g/mol. The summed E-state index contributed by atoms with van der Waals surface area (Å²) in [5.41, 5.74) is -0.107. The van der Waals surface area contributed by atoms with Crippen LogP contribution in [0.2, 0.25) is 0 Å². The van der Waals surface area contributed by atoms with Crippen molar-refractivity contribution in [2.45, 2.75) is 129 Å². The zero-order valence-corrected chi connectivity index (χ0v) is 36.2. The Kier molecular flexibility index (Phi) is 18.6. The lowest BCUT2D eigenvalue weighted by molar-refractivity contribution is -0.146. The number of carbonyl (C=O) groups excluding carboxylic acids is 6. The second kappa shape index (κ2) is 23.6. The molecule has 4 rings (SSSR count). The van der Waals surface area contributed by atoms with Crippen LogP contribution in [0.1, 0.15) is 108 Å². The van der Waals surface area contributed by atoms with E-state index >= 15 is 0 Å². The summed E-state index contributed by atoms with van der Waals surface area (Å²) in [5, 5.41) is 19.1. The van der Waals surface area contributed by atoms with Gasteiger partial charge in [0.15, 0.2) is 5.82 Å². The fourth-order valence-corrected chi connectivity index (χ4v) is 7.26. The Morgan fingerprint density at radius 1 is 0.828 bits per heavy atom. The highest BCUT2D eigenvalue weighted by Gasteiger charge is 2.40. The van der Waals surface area contributed by atoms with Gasteiger partial charge in [0.05, 0.1) is 19.9 Å². The summed E-state index contributed by atoms with van der Waals surface area (Å²) in [6.07, 6.45) is -1.01. The SMILES string of the molecule is CC[C@@H](C)[C@H](NC(=O)[C@H](CC(C)C)NC(=O)c1cnccn1)C(=O)N[C@@H](CC1CCCCC1)C(=O)N[C@@H](CC(F)F)C(=O)C(=O)NCc1nnc(C(F)(F)F)n1-c1ccc(OC)cc1. The Balaban J connectivity index is 1.54. The highest BCUT2D eigenvalue weighted by atomic mass is 19.4. The van der Waals surface area contributed by atoms with Gasteiger partial charge in [-0.3, -0.25) is 38.3 Å². The van der Waals surface area contributed by atoms with Crippen molar-refractivity contribution < 1.29 is 55.5 Å². The van der Waals surface area contributed by atoms with E-state index in [1.165, 1.54) is 50.0 Å². The molecule has 1 aliphatic carbocycles. The first kappa shape index (κ1) is 50.6. The number of nitrogens with zero attached hydrogens (tertiary/aromatic N) is 5. The van der Waals surface area contributed by atoms with E-state index in [9.17, 15) is 50.7 Å². The van der Waals surface area contributed by atoms with Gasteiger partial charge in [-0.15, -0.1) is 10.2 Å². The van der Waals surface area contributed by atoms with Crippen LogP contribution >= 0.6 is 0 Å². The Morgan fingerprint density at radius 2 is 1.48 bits per heavy atom. The van der Waals surface area contributed by atoms with Gasteiger partial charge < -0.3 is 31.3 Å². The van der Waals surface area contributed by atoms with Gasteiger partial charge in [-0.05, 0) is 54.9 Å². The van der Waals surface area contributed by atoms with Gasteiger partial charge in [0, 0.05) is 24.5 Å². The van der Waals surface area contributed by atoms with Crippen LogP contribution in [-0.4, -0.2) is 97.8 Å². The molecule has 22 heteroatoms. The molecule has 2 heterocycles. The maximum atomic E-state index is 14.1. The second-order valence-corrected chi connectivity index (χ2v) is 16.1. The summed E-state index contributed by atoms with van der Waals surface area (Å²) in [4.78, 5) is 89.4. The van der Waals surface area contributed by atoms with E-state index in [1.807, 2.05) is 13.8 Å². The van der Waals surface area contributed by atoms with Crippen LogP contribution in [0.3, 0.4) is 0 Å². The second-order valence-electron chi connectivity index (χ2n) is 16.1. The van der Waals surface area contributed by atoms with Gasteiger partial charge in [-0.2, -0.15) is 13.2 Å². The topological polar surface area (TPSA) is 228 Å². The molecule has 1 saturated carbocycles. The Hall–Kier alpha value is -6.09. The molecule has 5 amide bonds. The number of ketones is 1. The van der Waals surface area contributed by atoms with Crippen LogP contribution in [0.15, 0.2) is 42.9 Å². The van der Waals surface area contributed by atoms with E-state index in [1.54, 1.807) is 13.8 Å². The zero-order chi connectivity index (χ0) is 47.1. The van der Waals surface area contributed by atoms with Crippen LogP contribution < -0.4 is 31.3 Å². The van der Waals surface area contributed by atoms with E-state index in [4.69, 9.17) is 4.74 Å². The summed E-state index contributed by atoms with van der Waals surface area (Å²) in [7, 11) is 1.36. The van der Waals surface area contributed by atoms with Crippen molar-refractivity contribution >= 4 is 35.3 Å². The molecule has 1 fully saturated rings. The first-order chi connectivity index (χ1) is 30.3. The number of halogens is 5. The van der Waals surface area contributed by atoms with E-state index in [2.05, 4.69) is 46.7 Å². The molecule has 0 saturated heterocycles.